The van der Waals surface area contributed by atoms with Crippen molar-refractivity contribution < 1.29 is 23.7 Å². The van der Waals surface area contributed by atoms with E-state index in [1.807, 2.05) is 0 Å². The molecule has 66 valence electrons. The van der Waals surface area contributed by atoms with E-state index in [9.17, 15) is 8.78 Å². The molecule has 1 aliphatic heterocycles. The maximum absolute atomic E-state index is 12.5. The van der Waals surface area contributed by atoms with Gasteiger partial charge in [-0.1, -0.05) is 0 Å². The zero-order valence-electron chi connectivity index (χ0n) is 5.63. The maximum Gasteiger partial charge on any atom is 0.314 e. The monoisotopic (exact) mass is 169 g/mol. The van der Waals surface area contributed by atoms with Gasteiger partial charge in [0.1, 0.15) is 12.7 Å². The molecule has 0 aromatic carbocycles. The summed E-state index contributed by atoms with van der Waals surface area (Å²) in [5, 5.41) is 17.4. The molecule has 1 heterocycles. The van der Waals surface area contributed by atoms with Crippen LogP contribution in [0.1, 0.15) is 0 Å². The number of rotatable bonds is 1. The van der Waals surface area contributed by atoms with Gasteiger partial charge in [-0.3, -0.25) is 5.73 Å². The summed E-state index contributed by atoms with van der Waals surface area (Å²) in [6.07, 6.45) is -1.41. The van der Waals surface area contributed by atoms with Gasteiger partial charge in [-0.15, -0.1) is 0 Å². The van der Waals surface area contributed by atoms with Crippen LogP contribution in [0.4, 0.5) is 8.78 Å². The average molecular weight is 169 g/mol. The van der Waals surface area contributed by atoms with E-state index in [1.165, 1.54) is 0 Å². The summed E-state index contributed by atoms with van der Waals surface area (Å²) >= 11 is 0. The van der Waals surface area contributed by atoms with Crippen molar-refractivity contribution in [2.24, 2.45) is 5.73 Å². The molecule has 1 aliphatic rings. The Balaban J connectivity index is 2.81. The van der Waals surface area contributed by atoms with E-state index in [2.05, 4.69) is 4.74 Å². The molecule has 2 unspecified atom stereocenters. The molecule has 0 spiro atoms. The van der Waals surface area contributed by atoms with Crippen LogP contribution in [0.2, 0.25) is 0 Å². The van der Waals surface area contributed by atoms with E-state index in [1.54, 1.807) is 0 Å². The van der Waals surface area contributed by atoms with Gasteiger partial charge in [-0.05, 0) is 0 Å². The molecule has 1 fully saturated rings. The molecule has 2 atom stereocenters. The Morgan fingerprint density at radius 1 is 1.64 bits per heavy atom. The van der Waals surface area contributed by atoms with Gasteiger partial charge < -0.3 is 14.9 Å². The molecule has 11 heavy (non-hydrogen) atoms. The van der Waals surface area contributed by atoms with Gasteiger partial charge in [0.2, 0.25) is 5.72 Å². The number of aliphatic hydroxyl groups excluding tert-OH is 1. The van der Waals surface area contributed by atoms with Crippen LogP contribution < -0.4 is 5.73 Å². The van der Waals surface area contributed by atoms with E-state index in [0.717, 1.165) is 0 Å². The van der Waals surface area contributed by atoms with Gasteiger partial charge in [0.05, 0.1) is 6.61 Å². The maximum atomic E-state index is 12.5. The number of halogens is 2. The second-order valence-electron chi connectivity index (χ2n) is 2.51. The summed E-state index contributed by atoms with van der Waals surface area (Å²) in [6, 6.07) is 0. The molecular weight excluding hydrogens is 160 g/mol. The Bertz CT molecular complexity index is 162. The van der Waals surface area contributed by atoms with Crippen LogP contribution in [0.15, 0.2) is 0 Å². The minimum Gasteiger partial charge on any atom is -0.393 e. The number of alkyl halides is 2. The van der Waals surface area contributed by atoms with Crippen molar-refractivity contribution in [1.82, 2.24) is 0 Å². The number of hydrogen-bond acceptors (Lipinski definition) is 4. The van der Waals surface area contributed by atoms with Crippen LogP contribution in [0.3, 0.4) is 0 Å². The number of nitrogens with two attached hydrogens (primary N) is 1. The SMILES string of the molecule is NC1(O)C(CO)OCC1(F)F. The van der Waals surface area contributed by atoms with Crippen LogP contribution in [-0.4, -0.2) is 41.2 Å². The predicted molar refractivity (Wildman–Crippen MR) is 30.9 cm³/mol. The molecule has 4 nitrogen and oxygen atoms in total. The molecule has 0 aromatic heterocycles. The first-order chi connectivity index (χ1) is 4.92. The molecule has 0 bridgehead atoms. The Labute approximate surface area is 61.6 Å². The van der Waals surface area contributed by atoms with Crippen LogP contribution in [-0.2, 0) is 4.74 Å². The third-order valence-electron chi connectivity index (χ3n) is 1.71. The minimum absolute atomic E-state index is 0.720. The lowest BCUT2D eigenvalue weighted by Crippen LogP contribution is -2.60. The second-order valence-corrected chi connectivity index (χ2v) is 2.51. The zero-order chi connectivity index (χ0) is 8.70. The van der Waals surface area contributed by atoms with Crippen molar-refractivity contribution in [3.8, 4) is 0 Å². The highest BCUT2D eigenvalue weighted by molar-refractivity contribution is 4.99. The summed E-state index contributed by atoms with van der Waals surface area (Å²) in [5.74, 6) is -3.49. The Morgan fingerprint density at radius 2 is 2.18 bits per heavy atom. The lowest BCUT2D eigenvalue weighted by molar-refractivity contribution is -0.160. The first-order valence-corrected chi connectivity index (χ1v) is 3.03. The van der Waals surface area contributed by atoms with Gasteiger partial charge in [0.25, 0.3) is 0 Å². The minimum atomic E-state index is -3.49. The molecule has 0 aromatic rings. The standard InChI is InChI=1S/C5H9F2NO3/c6-4(7)2-11-3(1-9)5(4,8)10/h3,9-10H,1-2,8H2. The van der Waals surface area contributed by atoms with E-state index >= 15 is 0 Å². The van der Waals surface area contributed by atoms with Crippen molar-refractivity contribution in [1.29, 1.82) is 0 Å². The number of ether oxygens (including phenoxy) is 1. The van der Waals surface area contributed by atoms with Crippen LogP contribution in [0.5, 0.6) is 0 Å². The molecule has 0 aliphatic carbocycles. The summed E-state index contributed by atoms with van der Waals surface area (Å²) in [6.45, 7) is -1.67. The summed E-state index contributed by atoms with van der Waals surface area (Å²) in [7, 11) is 0. The van der Waals surface area contributed by atoms with Crippen molar-refractivity contribution in [3.05, 3.63) is 0 Å². The Kier molecular flexibility index (Phi) is 1.87. The first-order valence-electron chi connectivity index (χ1n) is 3.03. The first kappa shape index (κ1) is 8.79. The van der Waals surface area contributed by atoms with E-state index in [4.69, 9.17) is 15.9 Å². The second kappa shape index (κ2) is 2.34. The molecule has 0 radical (unpaired) electrons. The molecular formula is C5H9F2NO3. The fourth-order valence-corrected chi connectivity index (χ4v) is 0.875. The number of hydrogen-bond donors (Lipinski definition) is 3. The molecule has 1 saturated heterocycles. The molecule has 0 amide bonds. The van der Waals surface area contributed by atoms with Gasteiger partial charge in [-0.25, -0.2) is 0 Å². The smallest absolute Gasteiger partial charge is 0.314 e. The van der Waals surface area contributed by atoms with Crippen molar-refractivity contribution in [2.75, 3.05) is 13.2 Å². The summed E-state index contributed by atoms with van der Waals surface area (Å²) < 4.78 is 29.5. The lowest BCUT2D eigenvalue weighted by atomic mass is 10.0. The Hall–Kier alpha value is -0.300. The highest BCUT2D eigenvalue weighted by atomic mass is 19.3. The van der Waals surface area contributed by atoms with Crippen molar-refractivity contribution in [3.63, 3.8) is 0 Å². The normalized spacial score (nSPS) is 42.8. The van der Waals surface area contributed by atoms with Gasteiger partial charge in [0.15, 0.2) is 0 Å². The highest BCUT2D eigenvalue weighted by Gasteiger charge is 2.61. The number of aliphatic hydroxyl groups is 2. The quantitative estimate of drug-likeness (QED) is 0.425. The Morgan fingerprint density at radius 3 is 2.36 bits per heavy atom. The highest BCUT2D eigenvalue weighted by Crippen LogP contribution is 2.35. The van der Waals surface area contributed by atoms with Crippen LogP contribution >= 0.6 is 0 Å². The fraction of sp³-hybridized carbons (Fsp3) is 1.00. The molecule has 0 saturated carbocycles. The largest absolute Gasteiger partial charge is 0.393 e. The van der Waals surface area contributed by atoms with Crippen LogP contribution in [0.25, 0.3) is 0 Å². The predicted octanol–water partition coefficient (Wildman–Crippen LogP) is -1.34. The van der Waals surface area contributed by atoms with E-state index in [-0.39, 0.29) is 0 Å². The van der Waals surface area contributed by atoms with Crippen molar-refractivity contribution >= 4 is 0 Å². The van der Waals surface area contributed by atoms with E-state index in [0.29, 0.717) is 0 Å². The van der Waals surface area contributed by atoms with Crippen molar-refractivity contribution in [2.45, 2.75) is 17.8 Å². The summed E-state index contributed by atoms with van der Waals surface area (Å²) in [4.78, 5) is 0. The van der Waals surface area contributed by atoms with Gasteiger partial charge in [0, 0.05) is 0 Å². The zero-order valence-corrected chi connectivity index (χ0v) is 5.63. The third-order valence-corrected chi connectivity index (χ3v) is 1.71. The van der Waals surface area contributed by atoms with E-state index < -0.39 is 31.0 Å². The summed E-state index contributed by atoms with van der Waals surface area (Å²) in [5.41, 5.74) is 2.08. The topological polar surface area (TPSA) is 75.7 Å². The average Bonchev–Trinajstić information content (AvgIpc) is 2.05. The molecule has 1 rings (SSSR count). The molecule has 6 heteroatoms. The fourth-order valence-electron chi connectivity index (χ4n) is 0.875. The lowest BCUT2D eigenvalue weighted by Gasteiger charge is -2.26. The molecule has 4 N–H and O–H groups in total. The van der Waals surface area contributed by atoms with Gasteiger partial charge in [-0.2, -0.15) is 8.78 Å². The van der Waals surface area contributed by atoms with Gasteiger partial charge >= 0.3 is 5.92 Å². The van der Waals surface area contributed by atoms with Crippen LogP contribution in [0, 0.1) is 0 Å². The third kappa shape index (κ3) is 1.12.